The van der Waals surface area contributed by atoms with E-state index >= 15 is 0 Å². The first-order valence-electron chi connectivity index (χ1n) is 2.58. The SMILES string of the molecule is CC(C)[NH3+].N#CP(=O)([O-])O. The molecule has 6 heteroatoms. The van der Waals surface area contributed by atoms with Gasteiger partial charge in [0.15, 0.2) is 0 Å². The fraction of sp³-hybridized carbons (Fsp3) is 0.750. The van der Waals surface area contributed by atoms with E-state index in [2.05, 4.69) is 19.6 Å². The summed E-state index contributed by atoms with van der Waals surface area (Å²) in [4.78, 5) is 16.7. The third-order valence-corrected chi connectivity index (χ3v) is 0.379. The predicted octanol–water partition coefficient (Wildman–Crippen LogP) is -1.35. The zero-order chi connectivity index (χ0) is 8.78. The second kappa shape index (κ2) is 5.39. The molecular formula is C4H11N2O3P. The molecule has 0 aliphatic carbocycles. The Hall–Kier alpha value is -0.400. The van der Waals surface area contributed by atoms with Gasteiger partial charge in [-0.2, -0.15) is 5.26 Å². The van der Waals surface area contributed by atoms with Crippen molar-refractivity contribution in [1.82, 2.24) is 0 Å². The topological polar surface area (TPSA) is 112 Å². The lowest BCUT2D eigenvalue weighted by Crippen LogP contribution is -2.57. The summed E-state index contributed by atoms with van der Waals surface area (Å²) in [7, 11) is -4.59. The first-order valence-corrected chi connectivity index (χ1v) is 4.15. The van der Waals surface area contributed by atoms with Crippen LogP contribution in [-0.4, -0.2) is 10.9 Å². The van der Waals surface area contributed by atoms with Gasteiger partial charge >= 0.3 is 0 Å². The van der Waals surface area contributed by atoms with Crippen molar-refractivity contribution in [2.45, 2.75) is 19.9 Å². The maximum atomic E-state index is 9.22. The Kier molecular flexibility index (Phi) is 6.63. The van der Waals surface area contributed by atoms with Gasteiger partial charge in [-0.1, -0.05) is 0 Å². The standard InChI is InChI=1S/C3H9N.CH2NO3P/c1-3(2)4;2-1-6(3,4)5/h3H,4H2,1-2H3;(H2,3,4,5). The maximum absolute atomic E-state index is 9.22. The lowest BCUT2D eigenvalue weighted by molar-refractivity contribution is -0.407. The van der Waals surface area contributed by atoms with Crippen LogP contribution < -0.4 is 10.6 Å². The normalized spacial score (nSPS) is 14.5. The molecule has 1 atom stereocenters. The molecule has 0 radical (unpaired) electrons. The average Bonchev–Trinajstić information content (AvgIpc) is 1.63. The number of nitriles is 1. The first-order chi connectivity index (χ1) is 4.29. The zero-order valence-electron chi connectivity index (χ0n) is 5.94. The highest BCUT2D eigenvalue weighted by Crippen LogP contribution is 2.24. The van der Waals surface area contributed by atoms with E-state index in [0.717, 1.165) is 0 Å². The summed E-state index contributed by atoms with van der Waals surface area (Å²) in [5, 5.41) is 7.33. The molecule has 0 aliphatic rings. The molecule has 0 aliphatic heterocycles. The molecule has 60 valence electrons. The predicted molar refractivity (Wildman–Crippen MR) is 33.5 cm³/mol. The summed E-state index contributed by atoms with van der Waals surface area (Å²) >= 11 is 0. The third-order valence-electron chi connectivity index (χ3n) is 0.126. The molecule has 1 unspecified atom stereocenters. The maximum Gasteiger partial charge on any atom is 0.233 e. The van der Waals surface area contributed by atoms with Crippen molar-refractivity contribution >= 4 is 7.60 Å². The third kappa shape index (κ3) is 49.0. The quantitative estimate of drug-likeness (QED) is 0.433. The minimum absolute atomic E-state index is 0.583. The Labute approximate surface area is 59.6 Å². The number of hydrogen-bond donors (Lipinski definition) is 2. The van der Waals surface area contributed by atoms with Gasteiger partial charge < -0.3 is 15.5 Å². The lowest BCUT2D eigenvalue weighted by atomic mass is 10.5. The van der Waals surface area contributed by atoms with Crippen LogP contribution in [0.15, 0.2) is 0 Å². The van der Waals surface area contributed by atoms with Crippen molar-refractivity contribution in [2.75, 3.05) is 0 Å². The highest BCUT2D eigenvalue weighted by molar-refractivity contribution is 7.55. The molecule has 0 bridgehead atoms. The van der Waals surface area contributed by atoms with Gasteiger partial charge in [-0.25, -0.2) is 0 Å². The van der Waals surface area contributed by atoms with Crippen LogP contribution in [0.2, 0.25) is 0 Å². The second-order valence-electron chi connectivity index (χ2n) is 2.01. The Balaban J connectivity index is 0. The number of nitrogens with zero attached hydrogens (tertiary/aromatic N) is 1. The summed E-state index contributed by atoms with van der Waals surface area (Å²) in [6.45, 7) is 4.11. The first kappa shape index (κ1) is 12.3. The Morgan fingerprint density at radius 2 is 1.90 bits per heavy atom. The van der Waals surface area contributed by atoms with Crippen LogP contribution in [0.5, 0.6) is 0 Å². The van der Waals surface area contributed by atoms with Crippen molar-refractivity contribution < 1.29 is 20.1 Å². The molecular weight excluding hydrogens is 155 g/mol. The van der Waals surface area contributed by atoms with E-state index in [1.807, 2.05) is 0 Å². The second-order valence-corrected chi connectivity index (χ2v) is 3.26. The van der Waals surface area contributed by atoms with Crippen LogP contribution in [0.1, 0.15) is 13.8 Å². The van der Waals surface area contributed by atoms with Crippen molar-refractivity contribution in [3.63, 3.8) is 0 Å². The van der Waals surface area contributed by atoms with E-state index in [4.69, 9.17) is 10.2 Å². The van der Waals surface area contributed by atoms with Gasteiger partial charge in [-0.15, -0.1) is 0 Å². The van der Waals surface area contributed by atoms with E-state index in [-0.39, 0.29) is 0 Å². The minimum Gasteiger partial charge on any atom is -0.767 e. The number of hydrogen-bond acceptors (Lipinski definition) is 3. The van der Waals surface area contributed by atoms with Gasteiger partial charge in [0.25, 0.3) is 0 Å². The molecule has 0 spiro atoms. The largest absolute Gasteiger partial charge is 0.767 e. The van der Waals surface area contributed by atoms with Gasteiger partial charge in [-0.05, 0) is 13.8 Å². The van der Waals surface area contributed by atoms with Crippen LogP contribution in [-0.2, 0) is 4.57 Å². The van der Waals surface area contributed by atoms with Gasteiger partial charge in [-0.3, -0.25) is 4.57 Å². The van der Waals surface area contributed by atoms with E-state index in [0.29, 0.717) is 11.9 Å². The fourth-order valence-corrected chi connectivity index (χ4v) is 0. The van der Waals surface area contributed by atoms with E-state index < -0.39 is 7.60 Å². The number of quaternary nitrogens is 1. The van der Waals surface area contributed by atoms with Crippen molar-refractivity contribution in [3.05, 3.63) is 0 Å². The molecule has 5 nitrogen and oxygen atoms in total. The van der Waals surface area contributed by atoms with Gasteiger partial charge in [0, 0.05) is 0 Å². The fourth-order valence-electron chi connectivity index (χ4n) is 0. The van der Waals surface area contributed by atoms with Crippen molar-refractivity contribution in [1.29, 1.82) is 5.26 Å². The molecule has 10 heavy (non-hydrogen) atoms. The Morgan fingerprint density at radius 3 is 1.90 bits per heavy atom. The molecule has 0 fully saturated rings. The summed E-state index contributed by atoms with van der Waals surface area (Å²) in [6.07, 6.45) is 0. The lowest BCUT2D eigenvalue weighted by Gasteiger charge is -1.99. The average molecular weight is 166 g/mol. The highest BCUT2D eigenvalue weighted by atomic mass is 31.2. The van der Waals surface area contributed by atoms with Crippen LogP contribution in [0.25, 0.3) is 0 Å². The number of rotatable bonds is 0. The summed E-state index contributed by atoms with van der Waals surface area (Å²) in [5.74, 6) is 0.660. The summed E-state index contributed by atoms with van der Waals surface area (Å²) < 4.78 is 9.22. The monoisotopic (exact) mass is 166 g/mol. The van der Waals surface area contributed by atoms with E-state index in [1.165, 1.54) is 0 Å². The van der Waals surface area contributed by atoms with Gasteiger partial charge in [0.05, 0.1) is 6.04 Å². The highest BCUT2D eigenvalue weighted by Gasteiger charge is 1.91. The Morgan fingerprint density at radius 1 is 1.80 bits per heavy atom. The molecule has 0 aromatic rings. The molecule has 0 aromatic heterocycles. The molecule has 0 saturated carbocycles. The molecule has 0 rings (SSSR count). The van der Waals surface area contributed by atoms with Crippen LogP contribution in [0, 0.1) is 11.1 Å². The summed E-state index contributed by atoms with van der Waals surface area (Å²) in [6, 6.07) is 0.583. The van der Waals surface area contributed by atoms with Crippen LogP contribution in [0.3, 0.4) is 0 Å². The van der Waals surface area contributed by atoms with Crippen molar-refractivity contribution in [2.24, 2.45) is 0 Å². The van der Waals surface area contributed by atoms with Crippen LogP contribution >= 0.6 is 7.60 Å². The smallest absolute Gasteiger partial charge is 0.233 e. The van der Waals surface area contributed by atoms with Crippen LogP contribution in [0.4, 0.5) is 0 Å². The minimum atomic E-state index is -4.59. The Bertz CT molecular complexity index is 154. The van der Waals surface area contributed by atoms with Crippen molar-refractivity contribution in [3.8, 4) is 5.81 Å². The summed E-state index contributed by atoms with van der Waals surface area (Å²) in [5.41, 5.74) is 3.64. The molecule has 0 aromatic carbocycles. The molecule has 0 amide bonds. The van der Waals surface area contributed by atoms with Gasteiger partial charge in [0.1, 0.15) is 5.81 Å². The molecule has 0 saturated heterocycles. The van der Waals surface area contributed by atoms with Gasteiger partial charge in [0.2, 0.25) is 7.60 Å². The van der Waals surface area contributed by atoms with E-state index in [9.17, 15) is 9.46 Å². The molecule has 4 N–H and O–H groups in total. The zero-order valence-corrected chi connectivity index (χ0v) is 6.84. The van der Waals surface area contributed by atoms with E-state index in [1.54, 1.807) is 0 Å². The molecule has 0 heterocycles.